The third-order valence-electron chi connectivity index (χ3n) is 5.43. The van der Waals surface area contributed by atoms with Crippen molar-refractivity contribution in [2.75, 3.05) is 51.2 Å². The van der Waals surface area contributed by atoms with Crippen molar-refractivity contribution in [1.29, 1.82) is 0 Å². The summed E-state index contributed by atoms with van der Waals surface area (Å²) in [7, 11) is 0. The lowest BCUT2D eigenvalue weighted by Crippen LogP contribution is -3.28. The average molecular weight is 413 g/mol. The van der Waals surface area contributed by atoms with Crippen molar-refractivity contribution >= 4 is 17.6 Å². The van der Waals surface area contributed by atoms with Crippen molar-refractivity contribution < 1.29 is 24.1 Å². The van der Waals surface area contributed by atoms with Crippen molar-refractivity contribution in [3.63, 3.8) is 0 Å². The van der Waals surface area contributed by atoms with Gasteiger partial charge in [0.15, 0.2) is 6.54 Å². The van der Waals surface area contributed by atoms with Crippen LogP contribution in [0.4, 0.5) is 10.5 Å². The van der Waals surface area contributed by atoms with Gasteiger partial charge in [-0.2, -0.15) is 0 Å². The minimum atomic E-state index is -0.478. The zero-order valence-corrected chi connectivity index (χ0v) is 17.8. The van der Waals surface area contributed by atoms with Gasteiger partial charge in [0.05, 0.1) is 0 Å². The minimum absolute atomic E-state index is 0.247. The van der Waals surface area contributed by atoms with Crippen LogP contribution in [0.1, 0.15) is 11.1 Å². The number of urea groups is 1. The molecule has 0 bridgehead atoms. The molecule has 1 fully saturated rings. The van der Waals surface area contributed by atoms with Gasteiger partial charge >= 0.3 is 6.03 Å². The highest BCUT2D eigenvalue weighted by Crippen LogP contribution is 2.15. The number of amides is 3. The first-order valence-electron chi connectivity index (χ1n) is 10.5. The number of carbonyl (C=O) groups excluding carboxylic acids is 2. The van der Waals surface area contributed by atoms with E-state index in [1.807, 2.05) is 62.4 Å². The van der Waals surface area contributed by atoms with Crippen LogP contribution in [0, 0.1) is 13.8 Å². The molecule has 4 N–H and O–H groups in total. The molecule has 30 heavy (non-hydrogen) atoms. The molecule has 7 heteroatoms. The van der Waals surface area contributed by atoms with Gasteiger partial charge in [0.2, 0.25) is 0 Å². The monoisotopic (exact) mass is 412 g/mol. The molecule has 1 saturated heterocycles. The lowest BCUT2D eigenvalue weighted by Gasteiger charge is -2.29. The van der Waals surface area contributed by atoms with Gasteiger partial charge in [-0.25, -0.2) is 4.79 Å². The number of rotatable bonds is 7. The predicted molar refractivity (Wildman–Crippen MR) is 116 cm³/mol. The quantitative estimate of drug-likeness (QED) is 0.509. The molecule has 0 spiro atoms. The first-order chi connectivity index (χ1) is 14.5. The van der Waals surface area contributed by atoms with Crippen molar-refractivity contribution in [2.24, 2.45) is 0 Å². The third-order valence-corrected chi connectivity index (χ3v) is 5.43. The first kappa shape index (κ1) is 21.8. The molecule has 0 saturated carbocycles. The number of ether oxygens (including phenoxy) is 1. The van der Waals surface area contributed by atoms with Crippen LogP contribution in [0.3, 0.4) is 0 Å². The highest BCUT2D eigenvalue weighted by atomic mass is 16.5. The molecule has 1 aliphatic heterocycles. The Hall–Kier alpha value is -2.90. The Labute approximate surface area is 178 Å². The van der Waals surface area contributed by atoms with Gasteiger partial charge in [0.25, 0.3) is 5.91 Å². The Morgan fingerprint density at radius 2 is 1.67 bits per heavy atom. The van der Waals surface area contributed by atoms with Gasteiger partial charge in [-0.05, 0) is 37.6 Å². The van der Waals surface area contributed by atoms with Gasteiger partial charge in [-0.1, -0.05) is 35.9 Å². The zero-order valence-electron chi connectivity index (χ0n) is 17.8. The van der Waals surface area contributed by atoms with Crippen LogP contribution < -0.4 is 25.2 Å². The van der Waals surface area contributed by atoms with E-state index >= 15 is 0 Å². The van der Waals surface area contributed by atoms with Crippen LogP contribution in [0.15, 0.2) is 48.5 Å². The number of para-hydroxylation sites is 1. The Bertz CT molecular complexity index is 849. The molecule has 0 atom stereocenters. The fraction of sp³-hybridized carbons (Fsp3) is 0.391. The number of piperazine rings is 1. The number of aryl methyl sites for hydroxylation is 2. The van der Waals surface area contributed by atoms with Gasteiger partial charge in [0, 0.05) is 5.69 Å². The summed E-state index contributed by atoms with van der Waals surface area (Å²) >= 11 is 0. The second-order valence-electron chi connectivity index (χ2n) is 7.91. The number of hydrogen-bond acceptors (Lipinski definition) is 3. The van der Waals surface area contributed by atoms with E-state index in [1.165, 1.54) is 9.80 Å². The summed E-state index contributed by atoms with van der Waals surface area (Å²) in [6.45, 7) is 9.70. The third kappa shape index (κ3) is 6.86. The maximum absolute atomic E-state index is 12.2. The van der Waals surface area contributed by atoms with Crippen molar-refractivity contribution in [3.8, 4) is 5.75 Å². The Balaban J connectivity index is 1.33. The largest absolute Gasteiger partial charge is 0.488 e. The van der Waals surface area contributed by atoms with Crippen molar-refractivity contribution in [2.45, 2.75) is 13.8 Å². The summed E-state index contributed by atoms with van der Waals surface area (Å²) in [6.07, 6.45) is 0. The summed E-state index contributed by atoms with van der Waals surface area (Å²) in [5.41, 5.74) is 2.82. The number of quaternary nitrogens is 2. The Morgan fingerprint density at radius 1 is 0.967 bits per heavy atom. The van der Waals surface area contributed by atoms with Crippen LogP contribution in [-0.4, -0.2) is 57.8 Å². The SMILES string of the molecule is Cc1ccc(NC(=O)NC(=O)C[NH+]2CC[NH+](CCOc3ccccc3)CC2)c(C)c1. The Morgan fingerprint density at radius 3 is 2.37 bits per heavy atom. The second kappa shape index (κ2) is 10.8. The van der Waals surface area contributed by atoms with E-state index in [9.17, 15) is 9.59 Å². The summed E-state index contributed by atoms with van der Waals surface area (Å²) < 4.78 is 5.77. The molecule has 1 heterocycles. The number of imide groups is 1. The number of carbonyl (C=O) groups is 2. The summed E-state index contributed by atoms with van der Waals surface area (Å²) in [6, 6.07) is 15.1. The maximum atomic E-state index is 12.2. The second-order valence-corrected chi connectivity index (χ2v) is 7.91. The molecule has 0 unspecified atom stereocenters. The van der Waals surface area contributed by atoms with Crippen LogP contribution in [0.2, 0.25) is 0 Å². The highest BCUT2D eigenvalue weighted by molar-refractivity contribution is 6.01. The number of nitrogens with one attached hydrogen (secondary N) is 4. The zero-order chi connectivity index (χ0) is 21.3. The average Bonchev–Trinajstić information content (AvgIpc) is 2.72. The Kier molecular flexibility index (Phi) is 7.82. The van der Waals surface area contributed by atoms with E-state index in [4.69, 9.17) is 4.74 Å². The lowest BCUT2D eigenvalue weighted by molar-refractivity contribution is -1.01. The normalized spacial score (nSPS) is 18.5. The molecule has 0 radical (unpaired) electrons. The topological polar surface area (TPSA) is 76.3 Å². The van der Waals surface area contributed by atoms with Gasteiger partial charge in [0.1, 0.15) is 45.1 Å². The van der Waals surface area contributed by atoms with Crippen molar-refractivity contribution in [3.05, 3.63) is 59.7 Å². The maximum Gasteiger partial charge on any atom is 0.326 e. The first-order valence-corrected chi connectivity index (χ1v) is 10.5. The molecule has 3 rings (SSSR count). The summed E-state index contributed by atoms with van der Waals surface area (Å²) in [5.74, 6) is 0.653. The van der Waals surface area contributed by atoms with Crippen LogP contribution in [0.5, 0.6) is 5.75 Å². The van der Waals surface area contributed by atoms with E-state index in [1.54, 1.807) is 0 Å². The number of anilines is 1. The molecule has 160 valence electrons. The fourth-order valence-corrected chi connectivity index (χ4v) is 3.72. The van der Waals surface area contributed by atoms with E-state index < -0.39 is 6.03 Å². The molecule has 7 nitrogen and oxygen atoms in total. The molecular weight excluding hydrogens is 380 g/mol. The number of hydrogen-bond donors (Lipinski definition) is 4. The molecule has 3 amide bonds. The molecule has 2 aromatic rings. The minimum Gasteiger partial charge on any atom is -0.488 e. The van der Waals surface area contributed by atoms with E-state index in [0.717, 1.165) is 49.6 Å². The standard InChI is InChI=1S/C23H30N4O3/c1-18-8-9-21(19(2)16-18)24-23(29)25-22(28)17-27-12-10-26(11-13-27)14-15-30-20-6-4-3-5-7-20/h3-9,16H,10-15,17H2,1-2H3,(H2,24,25,28,29)/p+2. The van der Waals surface area contributed by atoms with Gasteiger partial charge in [-0.3, -0.25) is 10.1 Å². The van der Waals surface area contributed by atoms with E-state index in [0.29, 0.717) is 18.8 Å². The van der Waals surface area contributed by atoms with Crippen molar-refractivity contribution in [1.82, 2.24) is 5.32 Å². The van der Waals surface area contributed by atoms with Crippen LogP contribution in [0.25, 0.3) is 0 Å². The van der Waals surface area contributed by atoms with E-state index in [-0.39, 0.29) is 5.91 Å². The predicted octanol–water partition coefficient (Wildman–Crippen LogP) is -0.186. The van der Waals surface area contributed by atoms with Crippen LogP contribution >= 0.6 is 0 Å². The number of benzene rings is 2. The van der Waals surface area contributed by atoms with Gasteiger partial charge in [-0.15, -0.1) is 0 Å². The molecule has 0 aromatic heterocycles. The molecule has 2 aromatic carbocycles. The highest BCUT2D eigenvalue weighted by Gasteiger charge is 2.25. The van der Waals surface area contributed by atoms with E-state index in [2.05, 4.69) is 10.6 Å². The fourth-order valence-electron chi connectivity index (χ4n) is 3.72. The lowest BCUT2D eigenvalue weighted by atomic mass is 10.1. The van der Waals surface area contributed by atoms with Crippen LogP contribution in [-0.2, 0) is 4.79 Å². The smallest absolute Gasteiger partial charge is 0.326 e. The molecule has 1 aliphatic rings. The van der Waals surface area contributed by atoms with Gasteiger partial charge < -0.3 is 19.9 Å². The summed E-state index contributed by atoms with van der Waals surface area (Å²) in [4.78, 5) is 27.1. The summed E-state index contributed by atoms with van der Waals surface area (Å²) in [5, 5.41) is 5.20. The molecular formula is C23H32N4O3+2. The molecule has 0 aliphatic carbocycles.